The highest BCUT2D eigenvalue weighted by atomic mass is 79.9. The highest BCUT2D eigenvalue weighted by Crippen LogP contribution is 2.42. The van der Waals surface area contributed by atoms with Crippen molar-refractivity contribution in [3.8, 4) is 0 Å². The summed E-state index contributed by atoms with van der Waals surface area (Å²) in [5, 5.41) is -3.23. The summed E-state index contributed by atoms with van der Waals surface area (Å²) in [6.45, 7) is 2.96. The molecule has 1 atom stereocenters. The lowest BCUT2D eigenvalue weighted by Crippen LogP contribution is -2.31. The van der Waals surface area contributed by atoms with Crippen LogP contribution >= 0.6 is 27.5 Å². The van der Waals surface area contributed by atoms with E-state index in [4.69, 9.17) is 11.6 Å². The molecule has 0 saturated carbocycles. The first kappa shape index (κ1) is 13.3. The summed E-state index contributed by atoms with van der Waals surface area (Å²) in [7, 11) is 0. The Morgan fingerprint density at radius 2 is 2.00 bits per heavy atom. The van der Waals surface area contributed by atoms with Gasteiger partial charge in [-0.05, 0) is 28.9 Å². The maximum absolute atomic E-state index is 12.8. The number of hydrogen-bond acceptors (Lipinski definition) is 1. The van der Waals surface area contributed by atoms with E-state index in [1.807, 2.05) is 15.9 Å². The predicted octanol–water partition coefficient (Wildman–Crippen LogP) is 3.63. The Bertz CT molecular complexity index is 179. The zero-order valence-corrected chi connectivity index (χ0v) is 9.08. The van der Waals surface area contributed by atoms with Crippen molar-refractivity contribution in [2.24, 2.45) is 0 Å². The van der Waals surface area contributed by atoms with Crippen LogP contribution in [0.1, 0.15) is 6.92 Å². The van der Waals surface area contributed by atoms with E-state index in [1.165, 1.54) is 6.61 Å². The van der Waals surface area contributed by atoms with Crippen molar-refractivity contribution in [1.29, 1.82) is 0 Å². The molecule has 0 aliphatic rings. The van der Waals surface area contributed by atoms with E-state index >= 15 is 0 Å². The molecule has 1 nitrogen and oxygen atoms in total. The van der Waals surface area contributed by atoms with Gasteiger partial charge in [0.2, 0.25) is 0 Å². The quantitative estimate of drug-likeness (QED) is 0.424. The Labute approximate surface area is 88.0 Å². The maximum atomic E-state index is 12.8. The third-order valence-corrected chi connectivity index (χ3v) is 2.23. The highest BCUT2D eigenvalue weighted by Gasteiger charge is 2.49. The summed E-state index contributed by atoms with van der Waals surface area (Å²) >= 11 is 6.70. The van der Waals surface area contributed by atoms with Crippen LogP contribution in [0.25, 0.3) is 0 Å². The van der Waals surface area contributed by atoms with Gasteiger partial charge in [-0.2, -0.15) is 8.78 Å². The van der Waals surface area contributed by atoms with Crippen molar-refractivity contribution in [2.45, 2.75) is 16.9 Å². The van der Waals surface area contributed by atoms with E-state index in [-0.39, 0.29) is 6.61 Å². The standard InChI is InChI=1S/C7H8BrClF3O/c1-2-13-5-3-4-6(9,10)7(8,11)12/h2-4H,5H2,1H3/b4-3+. The lowest BCUT2D eigenvalue weighted by molar-refractivity contribution is 0.0215. The molecule has 0 spiro atoms. The van der Waals surface area contributed by atoms with E-state index in [2.05, 4.69) is 4.74 Å². The van der Waals surface area contributed by atoms with Crippen LogP contribution in [-0.2, 0) is 4.74 Å². The minimum absolute atomic E-state index is 0.00201. The molecular formula is C7H8BrClF3O. The molecule has 0 rings (SSSR count). The Hall–Kier alpha value is 0.260. The Morgan fingerprint density at radius 3 is 2.38 bits per heavy atom. The molecular weight excluding hydrogens is 272 g/mol. The molecule has 0 heterocycles. The van der Waals surface area contributed by atoms with Gasteiger partial charge in [0, 0.05) is 0 Å². The first-order valence-corrected chi connectivity index (χ1v) is 4.50. The molecule has 0 amide bonds. The van der Waals surface area contributed by atoms with Crippen molar-refractivity contribution in [2.75, 3.05) is 6.61 Å². The Kier molecular flexibility index (Phi) is 5.32. The summed E-state index contributed by atoms with van der Waals surface area (Å²) in [6, 6.07) is 0. The Balaban J connectivity index is 4.09. The summed E-state index contributed by atoms with van der Waals surface area (Å²) in [6.07, 6.45) is 1.61. The number of allylic oxidation sites excluding steroid dienone is 1. The zero-order chi connectivity index (χ0) is 10.5. The summed E-state index contributed by atoms with van der Waals surface area (Å²) < 4.78 is 42.1. The second kappa shape index (κ2) is 5.22. The first-order chi connectivity index (χ1) is 5.81. The van der Waals surface area contributed by atoms with Crippen molar-refractivity contribution in [3.63, 3.8) is 0 Å². The number of hydrogen-bond donors (Lipinski definition) is 0. The summed E-state index contributed by atoms with van der Waals surface area (Å²) in [5.74, 6) is 0. The van der Waals surface area contributed by atoms with Crippen LogP contribution in [0, 0.1) is 6.61 Å². The predicted molar refractivity (Wildman–Crippen MR) is 48.6 cm³/mol. The van der Waals surface area contributed by atoms with Gasteiger partial charge in [-0.25, -0.2) is 4.39 Å². The van der Waals surface area contributed by atoms with E-state index < -0.39 is 9.96 Å². The zero-order valence-electron chi connectivity index (χ0n) is 6.74. The number of alkyl halides is 5. The molecule has 6 heteroatoms. The fraction of sp³-hybridized carbons (Fsp3) is 0.571. The lowest BCUT2D eigenvalue weighted by Gasteiger charge is -2.18. The van der Waals surface area contributed by atoms with Crippen LogP contribution in [0.3, 0.4) is 0 Å². The average molecular weight is 280 g/mol. The molecule has 0 aliphatic carbocycles. The number of ether oxygens (including phenoxy) is 1. The molecule has 0 fully saturated rings. The maximum Gasteiger partial charge on any atom is 0.352 e. The van der Waals surface area contributed by atoms with Crippen LogP contribution in [0.4, 0.5) is 13.2 Å². The fourth-order valence-electron chi connectivity index (χ4n) is 0.442. The van der Waals surface area contributed by atoms with Crippen LogP contribution < -0.4 is 0 Å². The molecule has 0 saturated heterocycles. The first-order valence-electron chi connectivity index (χ1n) is 3.33. The van der Waals surface area contributed by atoms with E-state index in [0.717, 1.165) is 6.08 Å². The van der Waals surface area contributed by atoms with Crippen LogP contribution in [0.5, 0.6) is 0 Å². The third kappa shape index (κ3) is 4.88. The second-order valence-corrected chi connectivity index (χ2v) is 3.64. The third-order valence-electron chi connectivity index (χ3n) is 1.06. The molecule has 0 bridgehead atoms. The van der Waals surface area contributed by atoms with Gasteiger partial charge in [0.25, 0.3) is 5.13 Å². The number of halogens is 5. The molecule has 0 aromatic rings. The van der Waals surface area contributed by atoms with E-state index in [9.17, 15) is 13.2 Å². The van der Waals surface area contributed by atoms with Gasteiger partial charge in [-0.3, -0.25) is 0 Å². The van der Waals surface area contributed by atoms with Crippen molar-refractivity contribution in [1.82, 2.24) is 0 Å². The topological polar surface area (TPSA) is 9.23 Å². The van der Waals surface area contributed by atoms with Crippen molar-refractivity contribution >= 4 is 27.5 Å². The molecule has 0 aromatic heterocycles. The van der Waals surface area contributed by atoms with Gasteiger partial charge in [0.1, 0.15) is 0 Å². The SMILES string of the molecule is C[CH]OC/C=C/C(F)(Cl)C(F)(F)Br. The molecule has 77 valence electrons. The molecule has 1 radical (unpaired) electrons. The Morgan fingerprint density at radius 1 is 1.46 bits per heavy atom. The van der Waals surface area contributed by atoms with Gasteiger partial charge in [-0.15, -0.1) is 0 Å². The normalized spacial score (nSPS) is 17.7. The lowest BCUT2D eigenvalue weighted by atomic mass is 10.3. The van der Waals surface area contributed by atoms with Gasteiger partial charge in [-0.1, -0.05) is 17.7 Å². The monoisotopic (exact) mass is 279 g/mol. The molecule has 0 aliphatic heterocycles. The highest BCUT2D eigenvalue weighted by molar-refractivity contribution is 9.10. The van der Waals surface area contributed by atoms with Crippen molar-refractivity contribution in [3.05, 3.63) is 18.8 Å². The molecule has 0 aromatic carbocycles. The van der Waals surface area contributed by atoms with Gasteiger partial charge in [0.05, 0.1) is 13.2 Å². The number of rotatable bonds is 5. The minimum Gasteiger partial charge on any atom is -0.372 e. The van der Waals surface area contributed by atoms with E-state index in [0.29, 0.717) is 6.08 Å². The van der Waals surface area contributed by atoms with Crippen LogP contribution in [0.2, 0.25) is 0 Å². The van der Waals surface area contributed by atoms with Crippen LogP contribution in [0.15, 0.2) is 12.2 Å². The summed E-state index contributed by atoms with van der Waals surface area (Å²) in [4.78, 5) is -3.80. The molecule has 1 unspecified atom stereocenters. The molecule has 0 N–H and O–H groups in total. The largest absolute Gasteiger partial charge is 0.372 e. The van der Waals surface area contributed by atoms with Crippen LogP contribution in [-0.4, -0.2) is 16.6 Å². The minimum atomic E-state index is -3.80. The van der Waals surface area contributed by atoms with E-state index in [1.54, 1.807) is 6.92 Å². The second-order valence-electron chi connectivity index (χ2n) is 2.09. The fourth-order valence-corrected chi connectivity index (χ4v) is 0.664. The molecule has 13 heavy (non-hydrogen) atoms. The van der Waals surface area contributed by atoms with Crippen molar-refractivity contribution < 1.29 is 17.9 Å². The summed E-state index contributed by atoms with van der Waals surface area (Å²) in [5.41, 5.74) is 0. The van der Waals surface area contributed by atoms with Gasteiger partial charge >= 0.3 is 4.83 Å². The smallest absolute Gasteiger partial charge is 0.352 e. The van der Waals surface area contributed by atoms with Gasteiger partial charge in [0.15, 0.2) is 0 Å². The average Bonchev–Trinajstić information content (AvgIpc) is 1.96. The van der Waals surface area contributed by atoms with Gasteiger partial charge < -0.3 is 4.74 Å².